The Bertz CT molecular complexity index is 845. The van der Waals surface area contributed by atoms with Gasteiger partial charge in [-0.15, -0.1) is 0 Å². The number of para-hydroxylation sites is 1. The summed E-state index contributed by atoms with van der Waals surface area (Å²) in [6.07, 6.45) is 2.82. The van der Waals surface area contributed by atoms with E-state index in [1.165, 1.54) is 6.20 Å². The van der Waals surface area contributed by atoms with Crippen LogP contribution in [0.3, 0.4) is 0 Å². The van der Waals surface area contributed by atoms with Gasteiger partial charge >= 0.3 is 5.97 Å². The third kappa shape index (κ3) is 2.36. The second-order valence-corrected chi connectivity index (χ2v) is 5.20. The Morgan fingerprint density at radius 3 is 2.81 bits per heavy atom. The average molecular weight is 348 g/mol. The molecule has 3 aromatic rings. The van der Waals surface area contributed by atoms with Crippen LogP contribution in [-0.4, -0.2) is 25.8 Å². The van der Waals surface area contributed by atoms with Crippen molar-refractivity contribution in [2.24, 2.45) is 7.05 Å². The Hall–Kier alpha value is -2.41. The van der Waals surface area contributed by atoms with Crippen LogP contribution in [0.5, 0.6) is 11.5 Å². The van der Waals surface area contributed by atoms with E-state index in [0.29, 0.717) is 16.8 Å². The largest absolute Gasteiger partial charge is 0.477 e. The van der Waals surface area contributed by atoms with Crippen LogP contribution >= 0.6 is 15.9 Å². The van der Waals surface area contributed by atoms with Crippen molar-refractivity contribution in [3.05, 3.63) is 46.7 Å². The van der Waals surface area contributed by atoms with Gasteiger partial charge in [0, 0.05) is 13.2 Å². The van der Waals surface area contributed by atoms with Crippen molar-refractivity contribution < 1.29 is 14.6 Å². The maximum absolute atomic E-state index is 11.4. The molecule has 0 aliphatic heterocycles. The number of aromatic carboxylic acids is 1. The highest BCUT2D eigenvalue weighted by Gasteiger charge is 2.19. The molecule has 7 heteroatoms. The van der Waals surface area contributed by atoms with E-state index >= 15 is 0 Å². The molecule has 0 saturated carbocycles. The third-order valence-corrected chi connectivity index (χ3v) is 3.65. The lowest BCUT2D eigenvalue weighted by Gasteiger charge is -2.11. The van der Waals surface area contributed by atoms with Gasteiger partial charge < -0.3 is 9.84 Å². The summed E-state index contributed by atoms with van der Waals surface area (Å²) in [4.78, 5) is 15.5. The van der Waals surface area contributed by atoms with E-state index < -0.39 is 5.97 Å². The molecule has 2 aromatic heterocycles. The topological polar surface area (TPSA) is 77.2 Å². The van der Waals surface area contributed by atoms with Gasteiger partial charge in [0.25, 0.3) is 0 Å². The van der Waals surface area contributed by atoms with Crippen molar-refractivity contribution in [2.45, 2.75) is 0 Å². The first-order valence-corrected chi connectivity index (χ1v) is 6.83. The summed E-state index contributed by atoms with van der Waals surface area (Å²) in [5, 5.41) is 14.0. The van der Waals surface area contributed by atoms with Crippen molar-refractivity contribution in [3.8, 4) is 11.5 Å². The highest BCUT2D eigenvalue weighted by molar-refractivity contribution is 9.10. The van der Waals surface area contributed by atoms with Gasteiger partial charge in [0.1, 0.15) is 11.3 Å². The fourth-order valence-electron chi connectivity index (χ4n) is 1.97. The molecular formula is C14H10BrN3O3. The van der Waals surface area contributed by atoms with Gasteiger partial charge in [-0.3, -0.25) is 4.68 Å². The van der Waals surface area contributed by atoms with E-state index in [-0.39, 0.29) is 11.3 Å². The molecule has 0 bridgehead atoms. The van der Waals surface area contributed by atoms with Gasteiger partial charge in [-0.05, 0) is 28.1 Å². The lowest BCUT2D eigenvalue weighted by Crippen LogP contribution is -2.02. The number of halogens is 1. The summed E-state index contributed by atoms with van der Waals surface area (Å²) in [5.41, 5.74) is 0.549. The Labute approximate surface area is 128 Å². The van der Waals surface area contributed by atoms with Crippen LogP contribution in [0, 0.1) is 0 Å². The number of hydrogen-bond donors (Lipinski definition) is 1. The number of rotatable bonds is 3. The zero-order valence-electron chi connectivity index (χ0n) is 10.9. The second kappa shape index (κ2) is 5.17. The van der Waals surface area contributed by atoms with E-state index in [1.54, 1.807) is 24.0 Å². The number of carbonyl (C=O) groups is 1. The molecule has 0 radical (unpaired) electrons. The highest BCUT2D eigenvalue weighted by Crippen LogP contribution is 2.35. The lowest BCUT2D eigenvalue weighted by atomic mass is 10.2. The molecule has 21 heavy (non-hydrogen) atoms. The normalized spacial score (nSPS) is 10.8. The number of aryl methyl sites for hydroxylation is 1. The lowest BCUT2D eigenvalue weighted by molar-refractivity contribution is 0.0694. The third-order valence-electron chi connectivity index (χ3n) is 2.99. The van der Waals surface area contributed by atoms with Crippen molar-refractivity contribution >= 4 is 32.9 Å². The number of ether oxygens (including phenoxy) is 1. The number of carboxylic acids is 1. The number of hydrogen-bond acceptors (Lipinski definition) is 4. The Morgan fingerprint density at radius 2 is 2.10 bits per heavy atom. The molecule has 0 aliphatic rings. The standard InChI is InChI=1S/C14H10BrN3O3/c1-18-13-8(7-17-18)12(9(6-16-13)14(19)20)21-11-5-3-2-4-10(11)15/h2-7H,1H3,(H,19,20). The highest BCUT2D eigenvalue weighted by atomic mass is 79.9. The van der Waals surface area contributed by atoms with E-state index in [2.05, 4.69) is 26.0 Å². The van der Waals surface area contributed by atoms with Crippen LogP contribution in [0.25, 0.3) is 11.0 Å². The maximum Gasteiger partial charge on any atom is 0.341 e. The molecule has 106 valence electrons. The summed E-state index contributed by atoms with van der Waals surface area (Å²) >= 11 is 3.38. The van der Waals surface area contributed by atoms with Crippen molar-refractivity contribution in [2.75, 3.05) is 0 Å². The minimum absolute atomic E-state index is 0.00810. The molecule has 0 saturated heterocycles. The quantitative estimate of drug-likeness (QED) is 0.786. The van der Waals surface area contributed by atoms with Crippen LogP contribution in [-0.2, 0) is 7.05 Å². The van der Waals surface area contributed by atoms with Gasteiger partial charge in [-0.1, -0.05) is 12.1 Å². The fourth-order valence-corrected chi connectivity index (χ4v) is 2.34. The molecule has 0 fully saturated rings. The summed E-state index contributed by atoms with van der Waals surface area (Å²) in [7, 11) is 1.73. The number of carboxylic acid groups (broad SMARTS) is 1. The maximum atomic E-state index is 11.4. The summed E-state index contributed by atoms with van der Waals surface area (Å²) in [6.45, 7) is 0. The van der Waals surface area contributed by atoms with Crippen molar-refractivity contribution in [3.63, 3.8) is 0 Å². The number of fused-ring (bicyclic) bond motifs is 1. The molecule has 6 nitrogen and oxygen atoms in total. The molecule has 0 spiro atoms. The number of pyridine rings is 1. The van der Waals surface area contributed by atoms with Crippen molar-refractivity contribution in [1.82, 2.24) is 14.8 Å². The van der Waals surface area contributed by atoms with Crippen LogP contribution in [0.15, 0.2) is 41.1 Å². The van der Waals surface area contributed by atoms with E-state index in [1.807, 2.05) is 18.2 Å². The summed E-state index contributed by atoms with van der Waals surface area (Å²) in [6, 6.07) is 7.22. The van der Waals surface area contributed by atoms with Crippen LogP contribution in [0.1, 0.15) is 10.4 Å². The SMILES string of the molecule is Cn1ncc2c(Oc3ccccc3Br)c(C(=O)O)cnc21. The fraction of sp³-hybridized carbons (Fsp3) is 0.0714. The van der Waals surface area contributed by atoms with Gasteiger partial charge in [0.15, 0.2) is 11.4 Å². The molecule has 3 rings (SSSR count). The van der Waals surface area contributed by atoms with Crippen molar-refractivity contribution in [1.29, 1.82) is 0 Å². The predicted octanol–water partition coefficient (Wildman–Crippen LogP) is 3.22. The van der Waals surface area contributed by atoms with Gasteiger partial charge in [-0.25, -0.2) is 9.78 Å². The van der Waals surface area contributed by atoms with Crippen LogP contribution < -0.4 is 4.74 Å². The minimum atomic E-state index is -1.10. The monoisotopic (exact) mass is 347 g/mol. The van der Waals surface area contributed by atoms with E-state index in [4.69, 9.17) is 4.74 Å². The molecule has 0 unspecified atom stereocenters. The average Bonchev–Trinajstić information content (AvgIpc) is 2.83. The first kappa shape index (κ1) is 13.6. The first-order chi connectivity index (χ1) is 10.1. The number of benzene rings is 1. The molecule has 0 amide bonds. The van der Waals surface area contributed by atoms with Crippen LogP contribution in [0.4, 0.5) is 0 Å². The second-order valence-electron chi connectivity index (χ2n) is 4.34. The Balaban J connectivity index is 2.21. The zero-order valence-corrected chi connectivity index (χ0v) is 12.5. The minimum Gasteiger partial charge on any atom is -0.477 e. The molecule has 0 aliphatic carbocycles. The van der Waals surface area contributed by atoms with Gasteiger partial charge in [0.05, 0.1) is 16.1 Å². The molecule has 1 N–H and O–H groups in total. The molecule has 1 aromatic carbocycles. The molecular weight excluding hydrogens is 338 g/mol. The van der Waals surface area contributed by atoms with Gasteiger partial charge in [-0.2, -0.15) is 5.10 Å². The summed E-state index contributed by atoms with van der Waals surface area (Å²) < 4.78 is 8.10. The number of aromatic nitrogens is 3. The number of nitrogens with zero attached hydrogens (tertiary/aromatic N) is 3. The van der Waals surface area contributed by atoms with E-state index in [0.717, 1.165) is 4.47 Å². The molecule has 0 atom stereocenters. The zero-order chi connectivity index (χ0) is 15.0. The first-order valence-electron chi connectivity index (χ1n) is 6.04. The Kier molecular flexibility index (Phi) is 3.34. The Morgan fingerprint density at radius 1 is 1.33 bits per heavy atom. The van der Waals surface area contributed by atoms with Crippen LogP contribution in [0.2, 0.25) is 0 Å². The smallest absolute Gasteiger partial charge is 0.341 e. The summed E-state index contributed by atoms with van der Waals surface area (Å²) in [5.74, 6) is -0.348. The molecule has 2 heterocycles. The predicted molar refractivity (Wildman–Crippen MR) is 79.7 cm³/mol. The van der Waals surface area contributed by atoms with E-state index in [9.17, 15) is 9.90 Å². The van der Waals surface area contributed by atoms with Gasteiger partial charge in [0.2, 0.25) is 0 Å².